The number of nitrogen functional groups attached to an aromatic ring is 1. The van der Waals surface area contributed by atoms with E-state index in [0.29, 0.717) is 22.4 Å². The predicted molar refractivity (Wildman–Crippen MR) is 90.0 cm³/mol. The van der Waals surface area contributed by atoms with Crippen LogP contribution in [-0.2, 0) is 0 Å². The second-order valence-corrected chi connectivity index (χ2v) is 7.24. The molecule has 1 aromatic rings. The van der Waals surface area contributed by atoms with Crippen molar-refractivity contribution < 1.29 is 4.79 Å². The molecule has 1 rings (SSSR count). The van der Waals surface area contributed by atoms with Crippen molar-refractivity contribution in [2.45, 2.75) is 27.2 Å². The van der Waals surface area contributed by atoms with Crippen LogP contribution >= 0.6 is 11.3 Å². The van der Waals surface area contributed by atoms with Crippen molar-refractivity contribution in [3.63, 3.8) is 0 Å². The van der Waals surface area contributed by atoms with Crippen LogP contribution in [0.5, 0.6) is 0 Å². The summed E-state index contributed by atoms with van der Waals surface area (Å²) in [6.45, 7) is 8.64. The molecule has 0 saturated heterocycles. The van der Waals surface area contributed by atoms with Crippen LogP contribution in [0.4, 0.5) is 10.9 Å². The average Bonchev–Trinajstić information content (AvgIpc) is 2.73. The molecule has 0 saturated carbocycles. The molecule has 0 aliphatic rings. The van der Waals surface area contributed by atoms with E-state index in [0.717, 1.165) is 19.5 Å². The molecular formula is C14H27N5OS. The number of nitrogens with zero attached hydrogens (tertiary/aromatic N) is 2. The summed E-state index contributed by atoms with van der Waals surface area (Å²) in [4.78, 5) is 19.0. The van der Waals surface area contributed by atoms with E-state index in [-0.39, 0.29) is 11.3 Å². The van der Waals surface area contributed by atoms with Gasteiger partial charge in [0.15, 0.2) is 5.13 Å². The predicted octanol–water partition coefficient (Wildman–Crippen LogP) is 1.86. The van der Waals surface area contributed by atoms with Crippen LogP contribution in [-0.4, -0.2) is 49.5 Å². The topological polar surface area (TPSA) is 83.3 Å². The molecule has 0 aliphatic carbocycles. The highest BCUT2D eigenvalue weighted by Crippen LogP contribution is 2.25. The number of carbonyl (C=O) groups is 1. The number of hydrogen-bond acceptors (Lipinski definition) is 6. The molecule has 0 atom stereocenters. The van der Waals surface area contributed by atoms with Crippen molar-refractivity contribution in [1.82, 2.24) is 15.2 Å². The van der Waals surface area contributed by atoms with E-state index in [1.807, 2.05) is 14.1 Å². The zero-order chi connectivity index (χ0) is 16.0. The van der Waals surface area contributed by atoms with Crippen LogP contribution in [0.2, 0.25) is 0 Å². The molecule has 0 aliphatic heterocycles. The summed E-state index contributed by atoms with van der Waals surface area (Å²) < 4.78 is 0. The third kappa shape index (κ3) is 5.89. The minimum absolute atomic E-state index is 0.00189. The molecule has 0 unspecified atom stereocenters. The van der Waals surface area contributed by atoms with E-state index in [4.69, 9.17) is 5.73 Å². The van der Waals surface area contributed by atoms with Crippen LogP contribution in [0.3, 0.4) is 0 Å². The van der Waals surface area contributed by atoms with E-state index in [1.165, 1.54) is 11.3 Å². The van der Waals surface area contributed by atoms with Crippen LogP contribution in [0, 0.1) is 5.41 Å². The Morgan fingerprint density at radius 3 is 2.67 bits per heavy atom. The third-order valence-electron chi connectivity index (χ3n) is 2.86. The first kappa shape index (κ1) is 17.7. The normalized spacial score (nSPS) is 11.7. The number of amides is 1. The van der Waals surface area contributed by atoms with Gasteiger partial charge < -0.3 is 21.3 Å². The van der Waals surface area contributed by atoms with Crippen molar-refractivity contribution in [3.8, 4) is 0 Å². The number of nitrogens with two attached hydrogens (primary N) is 1. The first-order chi connectivity index (χ1) is 9.75. The molecule has 120 valence electrons. The second kappa shape index (κ2) is 7.61. The molecule has 0 radical (unpaired) electrons. The molecule has 1 heterocycles. The molecule has 0 bridgehead atoms. The zero-order valence-electron chi connectivity index (χ0n) is 13.6. The number of rotatable bonds is 8. The van der Waals surface area contributed by atoms with Crippen LogP contribution in [0.25, 0.3) is 0 Å². The number of thiazole rings is 1. The van der Waals surface area contributed by atoms with E-state index < -0.39 is 0 Å². The highest BCUT2D eigenvalue weighted by Gasteiger charge is 2.22. The van der Waals surface area contributed by atoms with E-state index in [2.05, 4.69) is 41.3 Å². The van der Waals surface area contributed by atoms with Gasteiger partial charge in [0.2, 0.25) is 0 Å². The van der Waals surface area contributed by atoms with Gasteiger partial charge in [0, 0.05) is 19.6 Å². The smallest absolute Gasteiger partial charge is 0.265 e. The largest absolute Gasteiger partial charge is 0.382 e. The van der Waals surface area contributed by atoms with Crippen LogP contribution in [0.1, 0.15) is 36.9 Å². The van der Waals surface area contributed by atoms with Gasteiger partial charge in [-0.1, -0.05) is 32.1 Å². The molecule has 4 N–H and O–H groups in total. The molecule has 0 fully saturated rings. The Morgan fingerprint density at radius 2 is 2.10 bits per heavy atom. The summed E-state index contributed by atoms with van der Waals surface area (Å²) >= 11 is 1.30. The minimum Gasteiger partial charge on any atom is -0.382 e. The number of carbonyl (C=O) groups excluding carboxylic acids is 1. The molecule has 21 heavy (non-hydrogen) atoms. The summed E-state index contributed by atoms with van der Waals surface area (Å²) in [5.41, 5.74) is 5.83. The number of hydrogen-bond donors (Lipinski definition) is 3. The molecule has 0 aromatic carbocycles. The van der Waals surface area contributed by atoms with Crippen molar-refractivity contribution in [1.29, 1.82) is 0 Å². The number of nitrogens with one attached hydrogen (secondary N) is 2. The monoisotopic (exact) mass is 313 g/mol. The minimum atomic E-state index is -0.152. The molecular weight excluding hydrogens is 286 g/mol. The summed E-state index contributed by atoms with van der Waals surface area (Å²) in [7, 11) is 4.05. The lowest BCUT2D eigenvalue weighted by Gasteiger charge is -2.28. The standard InChI is InChI=1S/C14H27N5OS/c1-6-7-16-13-18-11(15)10(21-13)12(20)17-8-14(2,3)9-19(4)5/h6-9,15H2,1-5H3,(H,16,18)(H,17,20). The van der Waals surface area contributed by atoms with Gasteiger partial charge in [0.1, 0.15) is 10.7 Å². The fourth-order valence-corrected chi connectivity index (χ4v) is 2.94. The third-order valence-corrected chi connectivity index (χ3v) is 3.89. The highest BCUT2D eigenvalue weighted by atomic mass is 32.1. The van der Waals surface area contributed by atoms with Gasteiger partial charge in [-0.15, -0.1) is 0 Å². The molecule has 0 spiro atoms. The van der Waals surface area contributed by atoms with E-state index >= 15 is 0 Å². The van der Waals surface area contributed by atoms with Gasteiger partial charge in [-0.05, 0) is 25.9 Å². The van der Waals surface area contributed by atoms with Crippen LogP contribution in [0.15, 0.2) is 0 Å². The summed E-state index contributed by atoms with van der Waals surface area (Å²) in [6, 6.07) is 0. The Bertz CT molecular complexity index is 470. The quantitative estimate of drug-likeness (QED) is 0.682. The van der Waals surface area contributed by atoms with Crippen molar-refractivity contribution in [2.24, 2.45) is 5.41 Å². The Balaban J connectivity index is 2.61. The fourth-order valence-electron chi connectivity index (χ4n) is 2.11. The van der Waals surface area contributed by atoms with Crippen molar-refractivity contribution >= 4 is 28.2 Å². The van der Waals surface area contributed by atoms with Gasteiger partial charge >= 0.3 is 0 Å². The average molecular weight is 313 g/mol. The molecule has 6 nitrogen and oxygen atoms in total. The maximum Gasteiger partial charge on any atom is 0.265 e. The first-order valence-electron chi connectivity index (χ1n) is 7.18. The highest BCUT2D eigenvalue weighted by molar-refractivity contribution is 7.18. The fraction of sp³-hybridized carbons (Fsp3) is 0.714. The lowest BCUT2D eigenvalue weighted by atomic mass is 9.93. The van der Waals surface area contributed by atoms with Gasteiger partial charge in [0.05, 0.1) is 0 Å². The molecule has 1 amide bonds. The molecule has 7 heteroatoms. The van der Waals surface area contributed by atoms with Crippen molar-refractivity contribution in [3.05, 3.63) is 4.88 Å². The van der Waals surface area contributed by atoms with Crippen LogP contribution < -0.4 is 16.4 Å². The first-order valence-corrected chi connectivity index (χ1v) is 8.00. The lowest BCUT2D eigenvalue weighted by Crippen LogP contribution is -2.39. The zero-order valence-corrected chi connectivity index (χ0v) is 14.4. The second-order valence-electron chi connectivity index (χ2n) is 6.24. The Kier molecular flexibility index (Phi) is 6.42. The Hall–Kier alpha value is -1.34. The Labute approximate surface area is 131 Å². The molecule has 1 aromatic heterocycles. The maximum absolute atomic E-state index is 12.2. The van der Waals surface area contributed by atoms with E-state index in [9.17, 15) is 4.79 Å². The van der Waals surface area contributed by atoms with E-state index in [1.54, 1.807) is 0 Å². The summed E-state index contributed by atoms with van der Waals surface area (Å²) in [6.07, 6.45) is 1.000. The summed E-state index contributed by atoms with van der Waals surface area (Å²) in [5, 5.41) is 6.80. The lowest BCUT2D eigenvalue weighted by molar-refractivity contribution is 0.0934. The van der Waals surface area contributed by atoms with Crippen molar-refractivity contribution in [2.75, 3.05) is 44.8 Å². The number of aromatic nitrogens is 1. The number of anilines is 2. The van der Waals surface area contributed by atoms with Gasteiger partial charge in [-0.2, -0.15) is 0 Å². The Morgan fingerprint density at radius 1 is 1.43 bits per heavy atom. The summed E-state index contributed by atoms with van der Waals surface area (Å²) in [5.74, 6) is 0.142. The van der Waals surface area contributed by atoms with Gasteiger partial charge in [0.25, 0.3) is 5.91 Å². The SMILES string of the molecule is CCCNc1nc(N)c(C(=O)NCC(C)(C)CN(C)C)s1. The van der Waals surface area contributed by atoms with Gasteiger partial charge in [-0.25, -0.2) is 4.98 Å². The van der Waals surface area contributed by atoms with Gasteiger partial charge in [-0.3, -0.25) is 4.79 Å². The maximum atomic E-state index is 12.2.